The molecule has 1 aliphatic rings. The Morgan fingerprint density at radius 1 is 1.37 bits per heavy atom. The van der Waals surface area contributed by atoms with Gasteiger partial charge in [0.15, 0.2) is 0 Å². The van der Waals surface area contributed by atoms with Crippen LogP contribution in [0.4, 0.5) is 0 Å². The largest absolute Gasteiger partial charge is 0.481 e. The van der Waals surface area contributed by atoms with Crippen molar-refractivity contribution in [3.05, 3.63) is 34.3 Å². The Bertz CT molecular complexity index is 500. The van der Waals surface area contributed by atoms with Crippen LogP contribution in [0.2, 0.25) is 0 Å². The van der Waals surface area contributed by atoms with Crippen molar-refractivity contribution in [2.24, 2.45) is 17.8 Å². The van der Waals surface area contributed by atoms with E-state index in [4.69, 9.17) is 5.11 Å². The van der Waals surface area contributed by atoms with Gasteiger partial charge in [-0.15, -0.1) is 0 Å². The van der Waals surface area contributed by atoms with Gasteiger partial charge in [-0.05, 0) is 42.9 Å². The second kappa shape index (κ2) is 5.74. The van der Waals surface area contributed by atoms with Gasteiger partial charge in [0, 0.05) is 4.47 Å². The van der Waals surface area contributed by atoms with E-state index in [0.717, 1.165) is 10.0 Å². The van der Waals surface area contributed by atoms with Crippen LogP contribution in [0.25, 0.3) is 0 Å². The summed E-state index contributed by atoms with van der Waals surface area (Å²) >= 11 is 3.37. The number of hydrogen-bond donors (Lipinski definition) is 2. The monoisotopic (exact) mass is 326 g/mol. The summed E-state index contributed by atoms with van der Waals surface area (Å²) in [4.78, 5) is 22.1. The summed E-state index contributed by atoms with van der Waals surface area (Å²) in [7, 11) is 0. The van der Waals surface area contributed by atoms with Crippen LogP contribution in [0, 0.1) is 17.8 Å². The van der Waals surface area contributed by atoms with Crippen molar-refractivity contribution >= 4 is 27.9 Å². The number of aryl methyl sites for hydroxylation is 1. The van der Waals surface area contributed by atoms with E-state index in [9.17, 15) is 14.7 Å². The molecule has 102 valence electrons. The van der Waals surface area contributed by atoms with E-state index < -0.39 is 23.8 Å². The summed E-state index contributed by atoms with van der Waals surface area (Å²) in [6, 6.07) is 7.73. The van der Waals surface area contributed by atoms with Crippen molar-refractivity contribution in [3.8, 4) is 0 Å². The van der Waals surface area contributed by atoms with Gasteiger partial charge < -0.3 is 10.2 Å². The van der Waals surface area contributed by atoms with Crippen molar-refractivity contribution in [1.29, 1.82) is 0 Å². The molecule has 0 heterocycles. The highest BCUT2D eigenvalue weighted by molar-refractivity contribution is 9.10. The first-order valence-electron chi connectivity index (χ1n) is 6.19. The number of halogens is 1. The minimum Gasteiger partial charge on any atom is -0.481 e. The summed E-state index contributed by atoms with van der Waals surface area (Å²) in [5, 5.41) is 18.1. The fraction of sp³-hybridized carbons (Fsp3) is 0.429. The molecule has 0 aromatic heterocycles. The predicted molar refractivity (Wildman–Crippen MR) is 72.8 cm³/mol. The number of carbonyl (C=O) groups is 2. The predicted octanol–water partition coefficient (Wildman–Crippen LogP) is 2.80. The van der Waals surface area contributed by atoms with Crippen molar-refractivity contribution in [1.82, 2.24) is 0 Å². The molecule has 0 amide bonds. The molecule has 3 unspecified atom stereocenters. The lowest BCUT2D eigenvalue weighted by molar-refractivity contribution is -0.143. The third kappa shape index (κ3) is 3.56. The van der Waals surface area contributed by atoms with Gasteiger partial charge >= 0.3 is 11.9 Å². The highest BCUT2D eigenvalue weighted by atomic mass is 79.9. The van der Waals surface area contributed by atoms with Crippen LogP contribution < -0.4 is 0 Å². The number of benzene rings is 1. The lowest BCUT2D eigenvalue weighted by Gasteiger charge is -2.11. The Hall–Kier alpha value is -1.36. The summed E-state index contributed by atoms with van der Waals surface area (Å²) in [6.07, 6.45) is 1.63. The summed E-state index contributed by atoms with van der Waals surface area (Å²) in [6.45, 7) is 0. The Labute approximate surface area is 119 Å². The fourth-order valence-electron chi connectivity index (χ4n) is 2.48. The molecule has 1 saturated carbocycles. The van der Waals surface area contributed by atoms with E-state index in [1.165, 1.54) is 0 Å². The minimum absolute atomic E-state index is 0.206. The molecule has 1 fully saturated rings. The Morgan fingerprint density at radius 3 is 2.63 bits per heavy atom. The first kappa shape index (κ1) is 14.1. The van der Waals surface area contributed by atoms with E-state index in [2.05, 4.69) is 15.9 Å². The number of aliphatic carboxylic acids is 2. The lowest BCUT2D eigenvalue weighted by atomic mass is 9.94. The van der Waals surface area contributed by atoms with Crippen LogP contribution in [0.15, 0.2) is 28.7 Å². The Kier molecular flexibility index (Phi) is 4.24. The average Bonchev–Trinajstić information content (AvgIpc) is 3.09. The van der Waals surface area contributed by atoms with Gasteiger partial charge in [0.05, 0.1) is 11.8 Å². The topological polar surface area (TPSA) is 74.6 Å². The molecule has 4 nitrogen and oxygen atoms in total. The molecule has 1 aliphatic carbocycles. The Balaban J connectivity index is 1.95. The maximum atomic E-state index is 11.2. The van der Waals surface area contributed by atoms with Crippen LogP contribution >= 0.6 is 15.9 Å². The highest BCUT2D eigenvalue weighted by Gasteiger charge is 2.50. The van der Waals surface area contributed by atoms with Gasteiger partial charge in [0.25, 0.3) is 0 Å². The molecule has 0 saturated heterocycles. The van der Waals surface area contributed by atoms with Crippen molar-refractivity contribution in [2.75, 3.05) is 0 Å². The van der Waals surface area contributed by atoms with Crippen molar-refractivity contribution < 1.29 is 19.8 Å². The molecule has 0 bridgehead atoms. The van der Waals surface area contributed by atoms with Crippen LogP contribution in [0.5, 0.6) is 0 Å². The zero-order chi connectivity index (χ0) is 14.0. The molecule has 2 N–H and O–H groups in total. The van der Waals surface area contributed by atoms with Crippen LogP contribution in [0.1, 0.15) is 18.4 Å². The molecule has 3 atom stereocenters. The van der Waals surface area contributed by atoms with Crippen molar-refractivity contribution in [2.45, 2.75) is 19.3 Å². The normalized spacial score (nSPS) is 22.8. The van der Waals surface area contributed by atoms with Gasteiger partial charge in [-0.2, -0.15) is 0 Å². The Morgan fingerprint density at radius 2 is 2.11 bits per heavy atom. The number of carboxylic acid groups (broad SMARTS) is 2. The highest BCUT2D eigenvalue weighted by Crippen LogP contribution is 2.46. The summed E-state index contributed by atoms with van der Waals surface area (Å²) < 4.78 is 0.965. The first-order valence-corrected chi connectivity index (χ1v) is 6.98. The average molecular weight is 327 g/mol. The number of hydrogen-bond acceptors (Lipinski definition) is 2. The molecular weight excluding hydrogens is 312 g/mol. The molecular formula is C14H15BrO4. The molecule has 0 spiro atoms. The smallest absolute Gasteiger partial charge is 0.306 e. The summed E-state index contributed by atoms with van der Waals surface area (Å²) in [5.74, 6) is -2.99. The van der Waals surface area contributed by atoms with Crippen molar-refractivity contribution in [3.63, 3.8) is 0 Å². The zero-order valence-corrected chi connectivity index (χ0v) is 11.8. The van der Waals surface area contributed by atoms with E-state index in [1.54, 1.807) is 0 Å². The standard InChI is InChI=1S/C14H15BrO4/c15-9-3-1-2-8(6-9)4-5-10(13(16)17)11-7-12(11)14(18)19/h1-3,6,10-12H,4-5,7H2,(H,16,17)(H,18,19). The zero-order valence-electron chi connectivity index (χ0n) is 10.3. The van der Waals surface area contributed by atoms with E-state index >= 15 is 0 Å². The summed E-state index contributed by atoms with van der Waals surface area (Å²) in [5.41, 5.74) is 1.06. The van der Waals surface area contributed by atoms with E-state index in [1.807, 2.05) is 24.3 Å². The SMILES string of the molecule is O=C(O)C(CCc1cccc(Br)c1)C1CC1C(=O)O. The fourth-order valence-corrected chi connectivity index (χ4v) is 2.93. The molecule has 19 heavy (non-hydrogen) atoms. The van der Waals surface area contributed by atoms with Gasteiger partial charge in [-0.1, -0.05) is 28.1 Å². The molecule has 1 aromatic rings. The number of carboxylic acids is 2. The molecule has 2 rings (SSSR count). The van der Waals surface area contributed by atoms with Gasteiger partial charge in [0.1, 0.15) is 0 Å². The minimum atomic E-state index is -0.885. The van der Waals surface area contributed by atoms with E-state index in [0.29, 0.717) is 19.3 Å². The molecule has 1 aromatic carbocycles. The maximum Gasteiger partial charge on any atom is 0.306 e. The quantitative estimate of drug-likeness (QED) is 0.842. The van der Waals surface area contributed by atoms with E-state index in [-0.39, 0.29) is 5.92 Å². The van der Waals surface area contributed by atoms with Crippen LogP contribution in [-0.4, -0.2) is 22.2 Å². The number of rotatable bonds is 6. The van der Waals surface area contributed by atoms with Crippen LogP contribution in [0.3, 0.4) is 0 Å². The second-order valence-electron chi connectivity index (χ2n) is 4.96. The first-order chi connectivity index (χ1) is 8.99. The lowest BCUT2D eigenvalue weighted by Crippen LogP contribution is -2.19. The molecule has 0 aliphatic heterocycles. The maximum absolute atomic E-state index is 11.2. The second-order valence-corrected chi connectivity index (χ2v) is 5.87. The molecule has 5 heteroatoms. The van der Waals surface area contributed by atoms with Gasteiger partial charge in [-0.25, -0.2) is 0 Å². The third-order valence-electron chi connectivity index (χ3n) is 3.62. The van der Waals surface area contributed by atoms with Gasteiger partial charge in [-0.3, -0.25) is 9.59 Å². The third-order valence-corrected chi connectivity index (χ3v) is 4.12. The molecule has 0 radical (unpaired) electrons. The van der Waals surface area contributed by atoms with Gasteiger partial charge in [0.2, 0.25) is 0 Å². The van der Waals surface area contributed by atoms with Crippen LogP contribution in [-0.2, 0) is 16.0 Å².